The Labute approximate surface area is 165 Å². The molecule has 0 amide bonds. The summed E-state index contributed by atoms with van der Waals surface area (Å²) in [5.41, 5.74) is 2.08. The molecule has 1 aromatic rings. The normalized spacial score (nSPS) is 16.6. The summed E-state index contributed by atoms with van der Waals surface area (Å²) in [5.74, 6) is 0.759. The van der Waals surface area contributed by atoms with Crippen LogP contribution < -0.4 is 10.6 Å². The van der Waals surface area contributed by atoms with E-state index in [0.29, 0.717) is 19.6 Å². The number of aryl methyl sites for hydroxylation is 1. The molecule has 1 saturated heterocycles. The molecule has 0 radical (unpaired) electrons. The van der Waals surface area contributed by atoms with Crippen molar-refractivity contribution >= 4 is 29.9 Å². The molecule has 1 aliphatic rings. The summed E-state index contributed by atoms with van der Waals surface area (Å²) >= 11 is 0. The molecular formula is C17H28F2IN5. The largest absolute Gasteiger partial charge is 0.357 e. The number of nitrogens with one attached hydrogen (secondary N) is 2. The number of halogens is 3. The predicted octanol–water partition coefficient (Wildman–Crippen LogP) is 2.79. The van der Waals surface area contributed by atoms with Crippen LogP contribution >= 0.6 is 24.0 Å². The minimum atomic E-state index is -2.25. The number of rotatable bonds is 6. The summed E-state index contributed by atoms with van der Waals surface area (Å²) in [6.45, 7) is 6.61. The molecular weight excluding hydrogens is 439 g/mol. The van der Waals surface area contributed by atoms with Crippen LogP contribution in [0.1, 0.15) is 31.0 Å². The van der Waals surface area contributed by atoms with Gasteiger partial charge in [0, 0.05) is 31.9 Å². The number of pyridine rings is 1. The average molecular weight is 467 g/mol. The maximum atomic E-state index is 12.4. The van der Waals surface area contributed by atoms with Gasteiger partial charge in [0.25, 0.3) is 6.43 Å². The van der Waals surface area contributed by atoms with E-state index in [9.17, 15) is 8.78 Å². The summed E-state index contributed by atoms with van der Waals surface area (Å²) in [7, 11) is 0. The summed E-state index contributed by atoms with van der Waals surface area (Å²) in [4.78, 5) is 10.8. The second-order valence-electron chi connectivity index (χ2n) is 6.07. The van der Waals surface area contributed by atoms with Crippen LogP contribution in [0.25, 0.3) is 0 Å². The fourth-order valence-electron chi connectivity index (χ4n) is 2.81. The van der Waals surface area contributed by atoms with Gasteiger partial charge in [0.2, 0.25) is 0 Å². The number of hydrogen-bond donors (Lipinski definition) is 2. The maximum Gasteiger partial charge on any atom is 0.251 e. The lowest BCUT2D eigenvalue weighted by Gasteiger charge is -2.32. The van der Waals surface area contributed by atoms with Crippen molar-refractivity contribution in [3.05, 3.63) is 29.6 Å². The Morgan fingerprint density at radius 2 is 2.12 bits per heavy atom. The van der Waals surface area contributed by atoms with Gasteiger partial charge in [-0.25, -0.2) is 13.8 Å². The number of nitrogens with zero attached hydrogens (tertiary/aromatic N) is 3. The number of likely N-dealkylation sites (tertiary alicyclic amines) is 1. The van der Waals surface area contributed by atoms with E-state index >= 15 is 0 Å². The van der Waals surface area contributed by atoms with E-state index in [0.717, 1.165) is 36.6 Å². The zero-order chi connectivity index (χ0) is 17.4. The SMILES string of the molecule is CCNC(=NCc1ncccc1C)NC1CCN(CC(F)F)CC1.I. The first kappa shape index (κ1) is 22.0. The fourth-order valence-corrected chi connectivity index (χ4v) is 2.81. The molecule has 8 heteroatoms. The molecule has 0 unspecified atom stereocenters. The molecule has 142 valence electrons. The van der Waals surface area contributed by atoms with Crippen LogP contribution in [0.4, 0.5) is 8.78 Å². The lowest BCUT2D eigenvalue weighted by atomic mass is 10.1. The molecule has 0 saturated carbocycles. The van der Waals surface area contributed by atoms with E-state index in [-0.39, 0.29) is 36.6 Å². The highest BCUT2D eigenvalue weighted by Crippen LogP contribution is 2.12. The summed E-state index contributed by atoms with van der Waals surface area (Å²) in [6, 6.07) is 4.21. The third-order valence-electron chi connectivity index (χ3n) is 4.17. The van der Waals surface area contributed by atoms with Gasteiger partial charge in [0.1, 0.15) is 0 Å². The third-order valence-corrected chi connectivity index (χ3v) is 4.17. The highest BCUT2D eigenvalue weighted by Gasteiger charge is 2.21. The zero-order valence-corrected chi connectivity index (χ0v) is 17.2. The van der Waals surface area contributed by atoms with Crippen molar-refractivity contribution in [2.45, 2.75) is 45.7 Å². The Hall–Kier alpha value is -1.03. The first-order valence-electron chi connectivity index (χ1n) is 8.54. The molecule has 0 spiro atoms. The standard InChI is InChI=1S/C17H27F2N5.HI/c1-3-20-17(22-11-15-13(2)5-4-8-21-15)23-14-6-9-24(10-7-14)12-16(18)19;/h4-5,8,14,16H,3,6-7,9-12H2,1-2H3,(H2,20,22,23);1H. The Morgan fingerprint density at radius 1 is 1.40 bits per heavy atom. The molecule has 0 atom stereocenters. The van der Waals surface area contributed by atoms with Crippen LogP contribution in [-0.4, -0.2) is 54.5 Å². The van der Waals surface area contributed by atoms with Crippen molar-refractivity contribution in [2.24, 2.45) is 4.99 Å². The average Bonchev–Trinajstić information content (AvgIpc) is 2.55. The monoisotopic (exact) mass is 467 g/mol. The molecule has 0 bridgehead atoms. The molecule has 2 N–H and O–H groups in total. The number of aromatic nitrogens is 1. The quantitative estimate of drug-likeness (QED) is 0.384. The molecule has 25 heavy (non-hydrogen) atoms. The van der Waals surface area contributed by atoms with Crippen molar-refractivity contribution in [3.8, 4) is 0 Å². The molecule has 2 heterocycles. The first-order chi connectivity index (χ1) is 11.6. The van der Waals surface area contributed by atoms with Crippen LogP contribution in [0.5, 0.6) is 0 Å². The van der Waals surface area contributed by atoms with Crippen LogP contribution in [0.3, 0.4) is 0 Å². The second-order valence-corrected chi connectivity index (χ2v) is 6.07. The number of aliphatic imine (C=N–C) groups is 1. The molecule has 1 fully saturated rings. The van der Waals surface area contributed by atoms with E-state index in [1.165, 1.54) is 0 Å². The number of alkyl halides is 2. The van der Waals surface area contributed by atoms with Crippen LogP contribution in [0.2, 0.25) is 0 Å². The minimum absolute atomic E-state index is 0. The van der Waals surface area contributed by atoms with Crippen molar-refractivity contribution in [1.82, 2.24) is 20.5 Å². The van der Waals surface area contributed by atoms with Crippen molar-refractivity contribution in [2.75, 3.05) is 26.2 Å². The van der Waals surface area contributed by atoms with Gasteiger partial charge in [-0.05, 0) is 38.3 Å². The molecule has 0 aliphatic carbocycles. The Balaban J connectivity index is 0.00000312. The first-order valence-corrected chi connectivity index (χ1v) is 8.54. The highest BCUT2D eigenvalue weighted by molar-refractivity contribution is 14.0. The number of hydrogen-bond acceptors (Lipinski definition) is 3. The molecule has 1 aromatic heterocycles. The molecule has 0 aromatic carbocycles. The topological polar surface area (TPSA) is 52.6 Å². The molecule has 2 rings (SSSR count). The lowest BCUT2D eigenvalue weighted by Crippen LogP contribution is -2.49. The van der Waals surface area contributed by atoms with Gasteiger partial charge in [0.15, 0.2) is 5.96 Å². The summed E-state index contributed by atoms with van der Waals surface area (Å²) in [5, 5.41) is 6.66. The van der Waals surface area contributed by atoms with Crippen molar-refractivity contribution in [3.63, 3.8) is 0 Å². The zero-order valence-electron chi connectivity index (χ0n) is 14.8. The molecule has 1 aliphatic heterocycles. The predicted molar refractivity (Wildman–Crippen MR) is 108 cm³/mol. The van der Waals surface area contributed by atoms with Gasteiger partial charge in [-0.2, -0.15) is 0 Å². The summed E-state index contributed by atoms with van der Waals surface area (Å²) in [6.07, 6.45) is 1.21. The summed E-state index contributed by atoms with van der Waals surface area (Å²) < 4.78 is 24.9. The van der Waals surface area contributed by atoms with Crippen LogP contribution in [-0.2, 0) is 6.54 Å². The number of guanidine groups is 1. The van der Waals surface area contributed by atoms with E-state index in [2.05, 4.69) is 20.6 Å². The van der Waals surface area contributed by atoms with Gasteiger partial charge in [-0.15, -0.1) is 24.0 Å². The minimum Gasteiger partial charge on any atom is -0.357 e. The third kappa shape index (κ3) is 7.81. The van der Waals surface area contributed by atoms with Gasteiger partial charge < -0.3 is 10.6 Å². The fraction of sp³-hybridized carbons (Fsp3) is 0.647. The molecule has 5 nitrogen and oxygen atoms in total. The van der Waals surface area contributed by atoms with Crippen LogP contribution in [0.15, 0.2) is 23.3 Å². The van der Waals surface area contributed by atoms with Gasteiger partial charge in [-0.1, -0.05) is 6.07 Å². The van der Waals surface area contributed by atoms with Gasteiger partial charge >= 0.3 is 0 Å². The van der Waals surface area contributed by atoms with E-state index in [1.807, 2.05) is 30.9 Å². The lowest BCUT2D eigenvalue weighted by molar-refractivity contribution is 0.0744. The van der Waals surface area contributed by atoms with E-state index in [4.69, 9.17) is 0 Å². The maximum absolute atomic E-state index is 12.4. The van der Waals surface area contributed by atoms with Gasteiger partial charge in [0.05, 0.1) is 18.8 Å². The van der Waals surface area contributed by atoms with E-state index < -0.39 is 6.43 Å². The second kappa shape index (κ2) is 11.6. The van der Waals surface area contributed by atoms with Crippen molar-refractivity contribution < 1.29 is 8.78 Å². The van der Waals surface area contributed by atoms with Crippen molar-refractivity contribution in [1.29, 1.82) is 0 Å². The Bertz CT molecular complexity index is 534. The van der Waals surface area contributed by atoms with Gasteiger partial charge in [-0.3, -0.25) is 9.88 Å². The number of piperidine rings is 1. The van der Waals surface area contributed by atoms with E-state index in [1.54, 1.807) is 6.20 Å². The Morgan fingerprint density at radius 3 is 2.72 bits per heavy atom. The Kier molecular flexibility index (Phi) is 10.2. The smallest absolute Gasteiger partial charge is 0.251 e. The highest BCUT2D eigenvalue weighted by atomic mass is 127. The van der Waals surface area contributed by atoms with Crippen LogP contribution in [0, 0.1) is 6.92 Å².